The highest BCUT2D eigenvalue weighted by atomic mass is 32.2. The van der Waals surface area contributed by atoms with Crippen LogP contribution in [0.2, 0.25) is 0 Å². The molecule has 3 atom stereocenters. The molecule has 0 bridgehead atoms. The molecule has 0 saturated carbocycles. The minimum atomic E-state index is -4.69. The predicted molar refractivity (Wildman–Crippen MR) is 94.4 cm³/mol. The molecule has 8 heteroatoms. The van der Waals surface area contributed by atoms with Crippen molar-refractivity contribution in [2.75, 3.05) is 7.11 Å². The zero-order valence-corrected chi connectivity index (χ0v) is 16.7. The van der Waals surface area contributed by atoms with E-state index in [4.69, 9.17) is 0 Å². The lowest BCUT2D eigenvalue weighted by molar-refractivity contribution is -0.178. The molecule has 0 aromatic heterocycles. The standard InChI is InChI=1S/C17H32F3NO3S/c1-6-7-8-9-10-11-12-13(15(22)24-5)14(17(18,19)20)21-25(23)16(2,3)4/h13-14,21H,6-12H2,1-5H3/t13-,14-,25-/m0/s1. The second-order valence-corrected chi connectivity index (χ2v) is 9.20. The number of nitrogens with one attached hydrogen (secondary N) is 1. The first kappa shape index (κ1) is 24.4. The van der Waals surface area contributed by atoms with E-state index in [0.717, 1.165) is 39.2 Å². The van der Waals surface area contributed by atoms with Crippen LogP contribution in [0.3, 0.4) is 0 Å². The number of hydrogen-bond donors (Lipinski definition) is 1. The summed E-state index contributed by atoms with van der Waals surface area (Å²) in [4.78, 5) is 11.9. The molecule has 0 rings (SSSR count). The maximum absolute atomic E-state index is 13.5. The van der Waals surface area contributed by atoms with E-state index in [9.17, 15) is 22.2 Å². The quantitative estimate of drug-likeness (QED) is 0.419. The van der Waals surface area contributed by atoms with Crippen LogP contribution in [0.5, 0.6) is 0 Å². The number of alkyl halides is 3. The van der Waals surface area contributed by atoms with Crippen LogP contribution >= 0.6 is 0 Å². The molecule has 0 aromatic carbocycles. The van der Waals surface area contributed by atoms with Crippen LogP contribution in [0.25, 0.3) is 0 Å². The molecule has 0 aliphatic rings. The molecule has 1 N–H and O–H groups in total. The van der Waals surface area contributed by atoms with Crippen molar-refractivity contribution in [3.8, 4) is 0 Å². The van der Waals surface area contributed by atoms with Crippen molar-refractivity contribution in [3.05, 3.63) is 0 Å². The van der Waals surface area contributed by atoms with E-state index >= 15 is 0 Å². The maximum atomic E-state index is 13.5. The number of methoxy groups -OCH3 is 1. The van der Waals surface area contributed by atoms with Gasteiger partial charge >= 0.3 is 12.1 Å². The molecular formula is C17H32F3NO3S. The molecule has 0 heterocycles. The number of esters is 1. The lowest BCUT2D eigenvalue weighted by Gasteiger charge is -2.30. The highest BCUT2D eigenvalue weighted by molar-refractivity contribution is 7.84. The zero-order chi connectivity index (χ0) is 19.7. The van der Waals surface area contributed by atoms with Gasteiger partial charge in [0.25, 0.3) is 0 Å². The summed E-state index contributed by atoms with van der Waals surface area (Å²) in [7, 11) is -0.868. The lowest BCUT2D eigenvalue weighted by atomic mass is 9.93. The van der Waals surface area contributed by atoms with E-state index < -0.39 is 39.8 Å². The Hall–Kier alpha value is -0.630. The van der Waals surface area contributed by atoms with Gasteiger partial charge in [-0.1, -0.05) is 45.4 Å². The third-order valence-electron chi connectivity index (χ3n) is 3.92. The van der Waals surface area contributed by atoms with Crippen LogP contribution in [0, 0.1) is 5.92 Å². The Morgan fingerprint density at radius 1 is 1.08 bits per heavy atom. The largest absolute Gasteiger partial charge is 0.469 e. The third kappa shape index (κ3) is 9.58. The summed E-state index contributed by atoms with van der Waals surface area (Å²) in [6.45, 7) is 6.81. The number of carbonyl (C=O) groups is 1. The molecule has 0 spiro atoms. The highest BCUT2D eigenvalue weighted by Gasteiger charge is 2.49. The molecule has 150 valence electrons. The van der Waals surface area contributed by atoms with Gasteiger partial charge < -0.3 is 4.74 Å². The monoisotopic (exact) mass is 387 g/mol. The van der Waals surface area contributed by atoms with E-state index in [1.165, 1.54) is 0 Å². The van der Waals surface area contributed by atoms with Gasteiger partial charge in [0, 0.05) is 0 Å². The normalized spacial score (nSPS) is 16.3. The lowest BCUT2D eigenvalue weighted by Crippen LogP contribution is -2.53. The molecule has 25 heavy (non-hydrogen) atoms. The van der Waals surface area contributed by atoms with Crippen LogP contribution in [0.4, 0.5) is 13.2 Å². The SMILES string of the molecule is CCCCCCCC[C@H](C(=O)OC)[C@H](N[S@@](=O)C(C)(C)C)C(F)(F)F. The van der Waals surface area contributed by atoms with Crippen LogP contribution < -0.4 is 4.72 Å². The number of unbranched alkanes of at least 4 members (excludes halogenated alkanes) is 5. The molecule has 0 aromatic rings. The summed E-state index contributed by atoms with van der Waals surface area (Å²) in [5.74, 6) is -2.32. The molecular weight excluding hydrogens is 355 g/mol. The van der Waals surface area contributed by atoms with E-state index in [1.54, 1.807) is 20.8 Å². The van der Waals surface area contributed by atoms with Gasteiger partial charge in [-0.3, -0.25) is 4.79 Å². The first-order chi connectivity index (χ1) is 11.4. The number of hydrogen-bond acceptors (Lipinski definition) is 3. The maximum Gasteiger partial charge on any atom is 0.405 e. The Labute approximate surface area is 151 Å². The number of carbonyl (C=O) groups excluding carboxylic acids is 1. The second-order valence-electron chi connectivity index (χ2n) is 7.20. The van der Waals surface area contributed by atoms with E-state index in [2.05, 4.69) is 16.4 Å². The third-order valence-corrected chi connectivity index (χ3v) is 5.50. The van der Waals surface area contributed by atoms with Crippen LogP contribution in [0.1, 0.15) is 72.6 Å². The Kier molecular flexibility index (Phi) is 10.9. The average molecular weight is 388 g/mol. The summed E-state index contributed by atoms with van der Waals surface area (Å²) in [6.07, 6.45) is 0.773. The minimum absolute atomic E-state index is 0.0529. The fourth-order valence-corrected chi connectivity index (χ4v) is 3.27. The Balaban J connectivity index is 5.05. The summed E-state index contributed by atoms with van der Waals surface area (Å²) < 4.78 is 58.4. The van der Waals surface area contributed by atoms with Crippen molar-refractivity contribution in [1.82, 2.24) is 4.72 Å². The number of ether oxygens (including phenoxy) is 1. The molecule has 0 aliphatic carbocycles. The van der Waals surface area contributed by atoms with Gasteiger partial charge in [-0.2, -0.15) is 13.2 Å². The molecule has 0 unspecified atom stereocenters. The van der Waals surface area contributed by atoms with Crippen molar-refractivity contribution in [2.45, 2.75) is 89.6 Å². The smallest absolute Gasteiger partial charge is 0.405 e. The fourth-order valence-electron chi connectivity index (χ4n) is 2.39. The van der Waals surface area contributed by atoms with Crippen molar-refractivity contribution >= 4 is 17.0 Å². The fraction of sp³-hybridized carbons (Fsp3) is 0.941. The van der Waals surface area contributed by atoms with Gasteiger partial charge in [-0.25, -0.2) is 8.93 Å². The van der Waals surface area contributed by atoms with Crippen molar-refractivity contribution in [2.24, 2.45) is 5.92 Å². The van der Waals surface area contributed by atoms with Crippen LogP contribution in [-0.4, -0.2) is 34.3 Å². The van der Waals surface area contributed by atoms with Crippen molar-refractivity contribution < 1.29 is 26.9 Å². The van der Waals surface area contributed by atoms with E-state index in [0.29, 0.717) is 6.42 Å². The van der Waals surface area contributed by atoms with Gasteiger partial charge in [0.1, 0.15) is 6.04 Å². The molecule has 4 nitrogen and oxygen atoms in total. The van der Waals surface area contributed by atoms with Gasteiger partial charge in [-0.15, -0.1) is 0 Å². The van der Waals surface area contributed by atoms with Crippen LogP contribution in [0.15, 0.2) is 0 Å². The molecule has 0 aliphatic heterocycles. The summed E-state index contributed by atoms with van der Waals surface area (Å²) in [5, 5.41) is 0. The zero-order valence-electron chi connectivity index (χ0n) is 15.9. The highest BCUT2D eigenvalue weighted by Crippen LogP contribution is 2.31. The first-order valence-corrected chi connectivity index (χ1v) is 9.92. The minimum Gasteiger partial charge on any atom is -0.469 e. The average Bonchev–Trinajstić information content (AvgIpc) is 2.49. The van der Waals surface area contributed by atoms with E-state index in [-0.39, 0.29) is 6.42 Å². The summed E-state index contributed by atoms with van der Waals surface area (Å²) >= 11 is 0. The van der Waals surface area contributed by atoms with E-state index in [1.807, 2.05) is 0 Å². The van der Waals surface area contributed by atoms with Gasteiger partial charge in [0.2, 0.25) is 0 Å². The summed E-state index contributed by atoms with van der Waals surface area (Å²) in [5.41, 5.74) is 0. The summed E-state index contributed by atoms with van der Waals surface area (Å²) in [6, 6.07) is -2.18. The van der Waals surface area contributed by atoms with Crippen molar-refractivity contribution in [1.29, 1.82) is 0 Å². The number of rotatable bonds is 11. The Bertz CT molecular complexity index is 422. The molecule has 0 radical (unpaired) electrons. The molecule has 0 fully saturated rings. The molecule has 0 saturated heterocycles. The Morgan fingerprint density at radius 3 is 2.04 bits per heavy atom. The van der Waals surface area contributed by atoms with Crippen LogP contribution in [-0.2, 0) is 20.5 Å². The van der Waals surface area contributed by atoms with Crippen molar-refractivity contribution in [3.63, 3.8) is 0 Å². The van der Waals surface area contributed by atoms with Gasteiger partial charge in [0.05, 0.1) is 28.8 Å². The second kappa shape index (κ2) is 11.2. The van der Waals surface area contributed by atoms with Gasteiger partial charge in [-0.05, 0) is 27.2 Å². The number of halogens is 3. The predicted octanol–water partition coefficient (Wildman–Crippen LogP) is 4.51. The van der Waals surface area contributed by atoms with Gasteiger partial charge in [0.15, 0.2) is 0 Å². The first-order valence-electron chi connectivity index (χ1n) is 8.77. The topological polar surface area (TPSA) is 55.4 Å². The Morgan fingerprint density at radius 2 is 1.60 bits per heavy atom. The molecule has 0 amide bonds.